The van der Waals surface area contributed by atoms with Crippen molar-refractivity contribution in [3.05, 3.63) is 0 Å². The molecule has 0 aliphatic heterocycles. The number of rotatable bonds is 17. The average molecular weight is 527 g/mol. The molecule has 0 aliphatic carbocycles. The molecule has 0 aromatic heterocycles. The highest BCUT2D eigenvalue weighted by Gasteiger charge is 2.15. The fourth-order valence-corrected chi connectivity index (χ4v) is 3.14. The number of ether oxygens (including phenoxy) is 2. The number of esters is 2. The van der Waals surface area contributed by atoms with Gasteiger partial charge in [-0.2, -0.15) is 0 Å². The maximum Gasteiger partial charge on any atom is 0.385 e. The lowest BCUT2D eigenvalue weighted by atomic mass is 10.0. The van der Waals surface area contributed by atoms with E-state index in [1.54, 1.807) is 6.92 Å². The Bertz CT molecular complexity index is 1160. The molecule has 1 atom stereocenters. The Kier molecular flexibility index (Phi) is 25.3. The van der Waals surface area contributed by atoms with Crippen molar-refractivity contribution in [2.24, 2.45) is 0 Å². The Balaban J connectivity index is 4.03. The van der Waals surface area contributed by atoms with Gasteiger partial charge in [-0.3, -0.25) is 4.79 Å². The maximum absolute atomic E-state index is 12.0. The summed E-state index contributed by atoms with van der Waals surface area (Å²) in [6.45, 7) is 3.18. The standard InChI is InChI=1S/C34H38O5/c1-3-5-7-9-11-13-15-17-19-20-22-24-26-28-33(36)38-31-32(30-35)39-34(37)29-27-25-23-21-18-16-14-12-10-8-6-4-2/h32,35H,4,6,8,10,12,14,16,18,21,23,25,27,29-31H2,1-2H3/t32-/m0/s1. The normalized spacial score (nSPS) is 9.10. The van der Waals surface area contributed by atoms with Gasteiger partial charge in [-0.25, -0.2) is 4.79 Å². The van der Waals surface area contributed by atoms with E-state index < -0.39 is 24.6 Å². The van der Waals surface area contributed by atoms with E-state index in [1.165, 1.54) is 57.8 Å². The summed E-state index contributed by atoms with van der Waals surface area (Å²) in [5.74, 6) is 33.0. The Morgan fingerprint density at radius 3 is 1.54 bits per heavy atom. The molecule has 0 unspecified atom stereocenters. The molecule has 0 aliphatic rings. The molecule has 0 heterocycles. The van der Waals surface area contributed by atoms with E-state index in [1.807, 2.05) is 0 Å². The van der Waals surface area contributed by atoms with Crippen LogP contribution in [0, 0.1) is 82.9 Å². The van der Waals surface area contributed by atoms with Crippen molar-refractivity contribution in [2.75, 3.05) is 13.2 Å². The van der Waals surface area contributed by atoms with Crippen LogP contribution in [0.15, 0.2) is 0 Å². The molecule has 0 spiro atoms. The molecule has 1 N–H and O–H groups in total. The minimum absolute atomic E-state index is 0.275. The molecule has 0 bridgehead atoms. The average Bonchev–Trinajstić information content (AvgIpc) is 2.94. The minimum atomic E-state index is -0.926. The second-order valence-corrected chi connectivity index (χ2v) is 8.41. The zero-order valence-corrected chi connectivity index (χ0v) is 23.3. The number of unbranched alkanes of at least 4 members (excludes halogenated alkanes) is 11. The Hall–Kier alpha value is -4.18. The van der Waals surface area contributed by atoms with Gasteiger partial charge in [-0.15, -0.1) is 0 Å². The molecular formula is C34H38O5. The van der Waals surface area contributed by atoms with Crippen molar-refractivity contribution in [3.63, 3.8) is 0 Å². The molecule has 0 aromatic carbocycles. The van der Waals surface area contributed by atoms with Gasteiger partial charge in [0.25, 0.3) is 0 Å². The van der Waals surface area contributed by atoms with Crippen molar-refractivity contribution in [1.82, 2.24) is 0 Å². The van der Waals surface area contributed by atoms with Gasteiger partial charge in [0, 0.05) is 12.3 Å². The lowest BCUT2D eigenvalue weighted by Gasteiger charge is -2.14. The number of carbonyl (C=O) groups is 2. The van der Waals surface area contributed by atoms with E-state index >= 15 is 0 Å². The van der Waals surface area contributed by atoms with E-state index in [-0.39, 0.29) is 13.0 Å². The molecule has 39 heavy (non-hydrogen) atoms. The minimum Gasteiger partial charge on any atom is -0.456 e. The second-order valence-electron chi connectivity index (χ2n) is 8.41. The van der Waals surface area contributed by atoms with E-state index in [0.717, 1.165) is 19.3 Å². The summed E-state index contributed by atoms with van der Waals surface area (Å²) in [5.41, 5.74) is 0. The fourth-order valence-electron chi connectivity index (χ4n) is 3.14. The first-order valence-corrected chi connectivity index (χ1v) is 13.5. The third-order valence-corrected chi connectivity index (χ3v) is 5.11. The number of carbonyl (C=O) groups excluding carboxylic acids is 2. The van der Waals surface area contributed by atoms with E-state index in [2.05, 4.69) is 89.8 Å². The van der Waals surface area contributed by atoms with Crippen molar-refractivity contribution in [1.29, 1.82) is 0 Å². The first-order valence-electron chi connectivity index (χ1n) is 13.5. The van der Waals surface area contributed by atoms with Gasteiger partial charge in [0.1, 0.15) is 6.61 Å². The number of aliphatic hydroxyl groups is 1. The molecule has 0 aromatic rings. The zero-order valence-electron chi connectivity index (χ0n) is 23.3. The quantitative estimate of drug-likeness (QED) is 0.130. The highest BCUT2D eigenvalue weighted by atomic mass is 16.6. The predicted octanol–water partition coefficient (Wildman–Crippen LogP) is 4.57. The van der Waals surface area contributed by atoms with Crippen LogP contribution in [0.4, 0.5) is 0 Å². The molecule has 0 saturated carbocycles. The Morgan fingerprint density at radius 1 is 0.641 bits per heavy atom. The first kappa shape index (κ1) is 34.8. The number of aliphatic hydroxyl groups excluding tert-OH is 1. The van der Waals surface area contributed by atoms with Crippen LogP contribution >= 0.6 is 0 Å². The monoisotopic (exact) mass is 526 g/mol. The summed E-state index contributed by atoms with van der Waals surface area (Å²) in [5, 5.41) is 9.39. The first-order chi connectivity index (χ1) is 19.1. The van der Waals surface area contributed by atoms with E-state index in [0.29, 0.717) is 0 Å². The number of hydrogen-bond donors (Lipinski definition) is 1. The summed E-state index contributed by atoms with van der Waals surface area (Å²) < 4.78 is 10.1. The third kappa shape index (κ3) is 26.7. The molecule has 0 saturated heterocycles. The lowest BCUT2D eigenvalue weighted by molar-refractivity contribution is -0.159. The van der Waals surface area contributed by atoms with Crippen LogP contribution in [0.25, 0.3) is 0 Å². The van der Waals surface area contributed by atoms with Gasteiger partial charge in [-0.1, -0.05) is 83.5 Å². The highest BCUT2D eigenvalue weighted by Crippen LogP contribution is 2.12. The van der Waals surface area contributed by atoms with Crippen LogP contribution in [0.2, 0.25) is 0 Å². The molecule has 0 radical (unpaired) electrons. The lowest BCUT2D eigenvalue weighted by Crippen LogP contribution is -2.28. The van der Waals surface area contributed by atoms with Gasteiger partial charge in [0.15, 0.2) is 6.10 Å². The summed E-state index contributed by atoms with van der Waals surface area (Å²) >= 11 is 0. The summed E-state index contributed by atoms with van der Waals surface area (Å²) in [4.78, 5) is 23.7. The van der Waals surface area contributed by atoms with Gasteiger partial charge in [0.2, 0.25) is 0 Å². The molecule has 0 rings (SSSR count). The summed E-state index contributed by atoms with van der Waals surface area (Å²) in [7, 11) is 0. The zero-order chi connectivity index (χ0) is 28.7. The van der Waals surface area contributed by atoms with Crippen molar-refractivity contribution in [3.8, 4) is 82.9 Å². The second kappa shape index (κ2) is 28.4. The SMILES string of the molecule is CC#CC#CC#CC#CC#CC#CC#CC(=O)OC[C@H](CO)OC(=O)CCCCCCCCCCCCCC. The maximum atomic E-state index is 12.0. The van der Waals surface area contributed by atoms with Gasteiger partial charge < -0.3 is 14.6 Å². The Labute approximate surface area is 235 Å². The van der Waals surface area contributed by atoms with Crippen molar-refractivity contribution in [2.45, 2.75) is 103 Å². The summed E-state index contributed by atoms with van der Waals surface area (Å²) in [6, 6.07) is 0. The molecule has 0 fully saturated rings. The molecule has 5 heteroatoms. The van der Waals surface area contributed by atoms with Crippen LogP contribution in [0.1, 0.15) is 97.3 Å². The van der Waals surface area contributed by atoms with Gasteiger partial charge >= 0.3 is 11.9 Å². The Morgan fingerprint density at radius 2 is 1.08 bits per heavy atom. The smallest absolute Gasteiger partial charge is 0.385 e. The van der Waals surface area contributed by atoms with Crippen molar-refractivity contribution < 1.29 is 24.2 Å². The molecule has 204 valence electrons. The van der Waals surface area contributed by atoms with Crippen molar-refractivity contribution >= 4 is 11.9 Å². The van der Waals surface area contributed by atoms with Crippen LogP contribution < -0.4 is 0 Å². The molecule has 0 amide bonds. The van der Waals surface area contributed by atoms with Gasteiger partial charge in [0.05, 0.1) is 6.61 Å². The fraction of sp³-hybridized carbons (Fsp3) is 0.529. The molecular weight excluding hydrogens is 488 g/mol. The third-order valence-electron chi connectivity index (χ3n) is 5.11. The van der Waals surface area contributed by atoms with Crippen LogP contribution in [-0.4, -0.2) is 36.4 Å². The van der Waals surface area contributed by atoms with Gasteiger partial charge in [-0.05, 0) is 84.4 Å². The topological polar surface area (TPSA) is 72.8 Å². The van der Waals surface area contributed by atoms with Crippen LogP contribution in [0.3, 0.4) is 0 Å². The largest absolute Gasteiger partial charge is 0.456 e. The van der Waals surface area contributed by atoms with E-state index in [4.69, 9.17) is 9.47 Å². The summed E-state index contributed by atoms with van der Waals surface area (Å²) in [6.07, 6.45) is 13.9. The van der Waals surface area contributed by atoms with Crippen LogP contribution in [0.5, 0.6) is 0 Å². The highest BCUT2D eigenvalue weighted by molar-refractivity contribution is 5.89. The van der Waals surface area contributed by atoms with Crippen LogP contribution in [-0.2, 0) is 19.1 Å². The predicted molar refractivity (Wildman–Crippen MR) is 154 cm³/mol. The molecule has 5 nitrogen and oxygen atoms in total. The number of hydrogen-bond acceptors (Lipinski definition) is 5. The van der Waals surface area contributed by atoms with E-state index in [9.17, 15) is 14.7 Å².